The van der Waals surface area contributed by atoms with Crippen molar-refractivity contribution in [2.45, 2.75) is 51.6 Å². The molecule has 4 nitrogen and oxygen atoms in total. The van der Waals surface area contributed by atoms with E-state index in [1.807, 2.05) is 0 Å². The number of hydrogen-bond donors (Lipinski definition) is 1. The Morgan fingerprint density at radius 1 is 1.24 bits per heavy atom. The molecule has 0 aromatic heterocycles. The molecule has 5 heteroatoms. The van der Waals surface area contributed by atoms with Crippen LogP contribution in [0.15, 0.2) is 0 Å². The number of nitrogens with zero attached hydrogens (tertiary/aromatic N) is 1. The predicted octanol–water partition coefficient (Wildman–Crippen LogP) is 1.19. The summed E-state index contributed by atoms with van der Waals surface area (Å²) < 4.78 is 26.2. The molecule has 0 unspecified atom stereocenters. The van der Waals surface area contributed by atoms with E-state index in [0.717, 1.165) is 12.8 Å². The van der Waals surface area contributed by atoms with Crippen molar-refractivity contribution in [3.8, 4) is 0 Å². The summed E-state index contributed by atoms with van der Waals surface area (Å²) in [6, 6.07) is 0.882. The molecule has 0 radical (unpaired) electrons. The topological polar surface area (TPSA) is 49.4 Å². The Labute approximate surface area is 105 Å². The van der Waals surface area contributed by atoms with Gasteiger partial charge in [-0.3, -0.25) is 0 Å². The second-order valence-corrected chi connectivity index (χ2v) is 7.78. The Balaban J connectivity index is 1.85. The maximum Gasteiger partial charge on any atom is 0.215 e. The Morgan fingerprint density at radius 3 is 2.35 bits per heavy atom. The predicted molar refractivity (Wildman–Crippen MR) is 69.4 cm³/mol. The molecule has 2 aliphatic carbocycles. The summed E-state index contributed by atoms with van der Waals surface area (Å²) in [7, 11) is -3.05. The van der Waals surface area contributed by atoms with Gasteiger partial charge in [0.25, 0.3) is 0 Å². The highest BCUT2D eigenvalue weighted by molar-refractivity contribution is 7.89. The molecule has 2 aliphatic rings. The van der Waals surface area contributed by atoms with Crippen LogP contribution in [0.1, 0.15) is 39.5 Å². The summed E-state index contributed by atoms with van der Waals surface area (Å²) in [5.74, 6) is 0.661. The molecule has 17 heavy (non-hydrogen) atoms. The highest BCUT2D eigenvalue weighted by Gasteiger charge is 2.37. The standard InChI is InChI=1S/C12H24N2O2S/c1-10(2)9-14(12-5-6-12)17(15,16)8-7-13-11-3-4-11/h10-13H,3-9H2,1-2H3. The average Bonchev–Trinajstić information content (AvgIpc) is 3.07. The van der Waals surface area contributed by atoms with Crippen LogP contribution in [0.3, 0.4) is 0 Å². The van der Waals surface area contributed by atoms with E-state index in [1.54, 1.807) is 4.31 Å². The first-order chi connectivity index (χ1) is 7.99. The highest BCUT2D eigenvalue weighted by Crippen LogP contribution is 2.30. The van der Waals surface area contributed by atoms with Gasteiger partial charge in [-0.05, 0) is 31.6 Å². The monoisotopic (exact) mass is 260 g/mol. The number of rotatable bonds is 8. The molecule has 0 aliphatic heterocycles. The number of sulfonamides is 1. The lowest BCUT2D eigenvalue weighted by Crippen LogP contribution is -2.40. The molecule has 100 valence electrons. The minimum absolute atomic E-state index is 0.257. The number of hydrogen-bond acceptors (Lipinski definition) is 3. The molecule has 2 rings (SSSR count). The van der Waals surface area contributed by atoms with Gasteiger partial charge in [-0.2, -0.15) is 4.31 Å². The van der Waals surface area contributed by atoms with Crippen molar-refractivity contribution in [1.29, 1.82) is 0 Å². The fraction of sp³-hybridized carbons (Fsp3) is 1.00. The van der Waals surface area contributed by atoms with Gasteiger partial charge in [0.1, 0.15) is 0 Å². The van der Waals surface area contributed by atoms with Crippen molar-refractivity contribution in [3.63, 3.8) is 0 Å². The summed E-state index contributed by atoms with van der Waals surface area (Å²) in [4.78, 5) is 0. The quantitative estimate of drug-likeness (QED) is 0.713. The lowest BCUT2D eigenvalue weighted by Gasteiger charge is -2.23. The molecule has 0 atom stereocenters. The van der Waals surface area contributed by atoms with E-state index in [-0.39, 0.29) is 5.75 Å². The fourth-order valence-corrected chi connectivity index (χ4v) is 3.81. The zero-order valence-electron chi connectivity index (χ0n) is 10.9. The van der Waals surface area contributed by atoms with E-state index in [0.29, 0.717) is 31.1 Å². The summed E-state index contributed by atoms with van der Waals surface area (Å²) in [6.07, 6.45) is 4.50. The summed E-state index contributed by atoms with van der Waals surface area (Å²) in [6.45, 7) is 5.44. The van der Waals surface area contributed by atoms with Crippen LogP contribution in [0.5, 0.6) is 0 Å². The third-order valence-corrected chi connectivity index (χ3v) is 5.11. The average molecular weight is 260 g/mol. The van der Waals surface area contributed by atoms with Gasteiger partial charge >= 0.3 is 0 Å². The van der Waals surface area contributed by atoms with Gasteiger partial charge in [-0.1, -0.05) is 13.8 Å². The van der Waals surface area contributed by atoms with Crippen molar-refractivity contribution in [3.05, 3.63) is 0 Å². The van der Waals surface area contributed by atoms with Crippen LogP contribution in [-0.4, -0.2) is 43.6 Å². The third-order valence-electron chi connectivity index (χ3n) is 3.23. The molecule has 1 N–H and O–H groups in total. The lowest BCUT2D eigenvalue weighted by molar-refractivity contribution is 0.359. The smallest absolute Gasteiger partial charge is 0.215 e. The van der Waals surface area contributed by atoms with Crippen molar-refractivity contribution in [2.24, 2.45) is 5.92 Å². The highest BCUT2D eigenvalue weighted by atomic mass is 32.2. The Morgan fingerprint density at radius 2 is 1.88 bits per heavy atom. The second-order valence-electron chi connectivity index (χ2n) is 5.74. The van der Waals surface area contributed by atoms with Crippen LogP contribution in [0.4, 0.5) is 0 Å². The minimum Gasteiger partial charge on any atom is -0.313 e. The maximum atomic E-state index is 12.2. The molecule has 2 fully saturated rings. The van der Waals surface area contributed by atoms with E-state index in [1.165, 1.54) is 12.8 Å². The minimum atomic E-state index is -3.05. The molecule has 0 aromatic carbocycles. The van der Waals surface area contributed by atoms with Crippen LogP contribution in [-0.2, 0) is 10.0 Å². The third kappa shape index (κ3) is 4.23. The van der Waals surface area contributed by atoms with E-state index in [2.05, 4.69) is 19.2 Å². The second kappa shape index (κ2) is 5.24. The lowest BCUT2D eigenvalue weighted by atomic mass is 10.2. The van der Waals surface area contributed by atoms with E-state index >= 15 is 0 Å². The van der Waals surface area contributed by atoms with Crippen molar-refractivity contribution in [1.82, 2.24) is 9.62 Å². The first kappa shape index (κ1) is 13.3. The Kier molecular flexibility index (Phi) is 4.10. The van der Waals surface area contributed by atoms with Gasteiger partial charge in [0, 0.05) is 25.2 Å². The normalized spacial score (nSPS) is 21.4. The first-order valence-electron chi connectivity index (χ1n) is 6.72. The van der Waals surface area contributed by atoms with Gasteiger partial charge in [0.2, 0.25) is 10.0 Å². The Bertz CT molecular complexity index is 346. The van der Waals surface area contributed by atoms with E-state index in [4.69, 9.17) is 0 Å². The van der Waals surface area contributed by atoms with Gasteiger partial charge in [-0.25, -0.2) is 8.42 Å². The van der Waals surface area contributed by atoms with Crippen molar-refractivity contribution < 1.29 is 8.42 Å². The zero-order valence-corrected chi connectivity index (χ0v) is 11.7. The molecular weight excluding hydrogens is 236 g/mol. The summed E-state index contributed by atoms with van der Waals surface area (Å²) >= 11 is 0. The SMILES string of the molecule is CC(C)CN(C1CC1)S(=O)(=O)CCNC1CC1. The van der Waals surface area contributed by atoms with Crippen LogP contribution < -0.4 is 5.32 Å². The van der Waals surface area contributed by atoms with E-state index in [9.17, 15) is 8.42 Å². The van der Waals surface area contributed by atoms with Crippen molar-refractivity contribution in [2.75, 3.05) is 18.8 Å². The molecule has 0 amide bonds. The molecule has 2 saturated carbocycles. The molecule has 0 bridgehead atoms. The Hall–Kier alpha value is -0.130. The summed E-state index contributed by atoms with van der Waals surface area (Å²) in [5, 5.41) is 3.27. The van der Waals surface area contributed by atoms with Crippen LogP contribution in [0.25, 0.3) is 0 Å². The van der Waals surface area contributed by atoms with Gasteiger partial charge in [0.15, 0.2) is 0 Å². The molecule has 0 spiro atoms. The van der Waals surface area contributed by atoms with Crippen LogP contribution in [0, 0.1) is 5.92 Å². The molecule has 0 aromatic rings. The summed E-state index contributed by atoms with van der Waals surface area (Å²) in [5.41, 5.74) is 0. The van der Waals surface area contributed by atoms with E-state index < -0.39 is 10.0 Å². The van der Waals surface area contributed by atoms with Crippen LogP contribution >= 0.6 is 0 Å². The van der Waals surface area contributed by atoms with Gasteiger partial charge in [-0.15, -0.1) is 0 Å². The van der Waals surface area contributed by atoms with Crippen LogP contribution in [0.2, 0.25) is 0 Å². The van der Waals surface area contributed by atoms with Gasteiger partial charge < -0.3 is 5.32 Å². The molecular formula is C12H24N2O2S. The largest absolute Gasteiger partial charge is 0.313 e. The molecule has 0 saturated heterocycles. The van der Waals surface area contributed by atoms with Crippen molar-refractivity contribution >= 4 is 10.0 Å². The van der Waals surface area contributed by atoms with Gasteiger partial charge in [0.05, 0.1) is 5.75 Å². The maximum absolute atomic E-state index is 12.2. The number of nitrogens with one attached hydrogen (secondary N) is 1. The molecule has 0 heterocycles. The first-order valence-corrected chi connectivity index (χ1v) is 8.33. The zero-order chi connectivity index (χ0) is 12.5. The fourth-order valence-electron chi connectivity index (χ4n) is 2.01.